The van der Waals surface area contributed by atoms with Gasteiger partial charge >= 0.3 is 6.18 Å². The van der Waals surface area contributed by atoms with E-state index in [0.29, 0.717) is 0 Å². The number of halogens is 5. The van der Waals surface area contributed by atoms with E-state index >= 15 is 0 Å². The lowest BCUT2D eigenvalue weighted by molar-refractivity contribution is -0.136. The number of sulfonamides is 1. The van der Waals surface area contributed by atoms with Gasteiger partial charge in [0, 0.05) is 4.47 Å². The normalized spacial score (nSPS) is 12.6. The van der Waals surface area contributed by atoms with Gasteiger partial charge < -0.3 is 0 Å². The van der Waals surface area contributed by atoms with Crippen molar-refractivity contribution in [1.29, 1.82) is 0 Å². The Labute approximate surface area is 109 Å². The van der Waals surface area contributed by atoms with Crippen molar-refractivity contribution in [3.8, 4) is 0 Å². The van der Waals surface area contributed by atoms with E-state index in [2.05, 4.69) is 15.9 Å². The SMILES string of the molecule is CS(=O)(=O)Nc1c(Cl)cc(Br)cc1C(F)(F)F. The average molecular weight is 353 g/mol. The first-order valence-electron chi connectivity index (χ1n) is 4.05. The summed E-state index contributed by atoms with van der Waals surface area (Å²) >= 11 is 8.45. The van der Waals surface area contributed by atoms with Gasteiger partial charge in [-0.15, -0.1) is 0 Å². The Kier molecular flexibility index (Phi) is 4.00. The first-order chi connectivity index (χ1) is 7.50. The van der Waals surface area contributed by atoms with Crippen LogP contribution in [0.15, 0.2) is 16.6 Å². The predicted molar refractivity (Wildman–Crippen MR) is 62.6 cm³/mol. The molecule has 17 heavy (non-hydrogen) atoms. The van der Waals surface area contributed by atoms with Gasteiger partial charge in [0.2, 0.25) is 10.0 Å². The second-order valence-electron chi connectivity index (χ2n) is 3.18. The second-order valence-corrected chi connectivity index (χ2v) is 6.25. The molecule has 1 aromatic rings. The summed E-state index contributed by atoms with van der Waals surface area (Å²) in [5.41, 5.74) is -1.83. The molecule has 0 aromatic heterocycles. The molecule has 9 heteroatoms. The number of alkyl halides is 3. The first kappa shape index (κ1) is 14.6. The van der Waals surface area contributed by atoms with Crippen LogP contribution in [0, 0.1) is 0 Å². The number of anilines is 1. The highest BCUT2D eigenvalue weighted by atomic mass is 79.9. The third kappa shape index (κ3) is 4.04. The molecule has 0 aliphatic carbocycles. The van der Waals surface area contributed by atoms with Crippen LogP contribution < -0.4 is 4.72 Å². The minimum atomic E-state index is -4.71. The minimum absolute atomic E-state index is 0.105. The predicted octanol–water partition coefficient (Wildman–Crippen LogP) is 3.49. The van der Waals surface area contributed by atoms with Crippen LogP contribution >= 0.6 is 27.5 Å². The van der Waals surface area contributed by atoms with Crippen molar-refractivity contribution >= 4 is 43.2 Å². The second kappa shape index (κ2) is 4.66. The van der Waals surface area contributed by atoms with Gasteiger partial charge in [-0.2, -0.15) is 13.2 Å². The summed E-state index contributed by atoms with van der Waals surface area (Å²) in [6, 6.07) is 1.92. The molecular formula is C8H6BrClF3NO2S. The molecule has 3 nitrogen and oxygen atoms in total. The molecule has 0 saturated heterocycles. The van der Waals surface area contributed by atoms with Crippen molar-refractivity contribution in [2.45, 2.75) is 6.18 Å². The van der Waals surface area contributed by atoms with E-state index in [1.165, 1.54) is 6.07 Å². The molecule has 0 spiro atoms. The fourth-order valence-electron chi connectivity index (χ4n) is 1.09. The van der Waals surface area contributed by atoms with Crippen LogP contribution in [-0.2, 0) is 16.2 Å². The molecule has 1 aromatic carbocycles. The average Bonchev–Trinajstić information content (AvgIpc) is 2.05. The summed E-state index contributed by atoms with van der Waals surface area (Å²) < 4.78 is 61.8. The number of nitrogens with one attached hydrogen (secondary N) is 1. The van der Waals surface area contributed by atoms with Gasteiger partial charge in [-0.3, -0.25) is 4.72 Å². The van der Waals surface area contributed by atoms with Crippen molar-refractivity contribution in [3.63, 3.8) is 0 Å². The first-order valence-corrected chi connectivity index (χ1v) is 7.11. The number of rotatable bonds is 2. The number of hydrogen-bond acceptors (Lipinski definition) is 2. The smallest absolute Gasteiger partial charge is 0.282 e. The zero-order valence-corrected chi connectivity index (χ0v) is 11.4. The fourth-order valence-corrected chi connectivity index (χ4v) is 2.59. The zero-order valence-electron chi connectivity index (χ0n) is 8.27. The van der Waals surface area contributed by atoms with Crippen molar-refractivity contribution < 1.29 is 21.6 Å². The molecule has 0 aliphatic heterocycles. The molecule has 0 atom stereocenters. The topological polar surface area (TPSA) is 46.2 Å². The highest BCUT2D eigenvalue weighted by Crippen LogP contribution is 2.40. The highest BCUT2D eigenvalue weighted by molar-refractivity contribution is 9.10. The lowest BCUT2D eigenvalue weighted by atomic mass is 10.2. The van der Waals surface area contributed by atoms with E-state index in [0.717, 1.165) is 12.3 Å². The third-order valence-corrected chi connectivity index (χ3v) is 2.98. The molecular weight excluding hydrogens is 347 g/mol. The molecule has 1 rings (SSSR count). The lowest BCUT2D eigenvalue weighted by Crippen LogP contribution is -2.16. The van der Waals surface area contributed by atoms with Crippen LogP contribution in [0.2, 0.25) is 5.02 Å². The molecule has 0 saturated carbocycles. The fraction of sp³-hybridized carbons (Fsp3) is 0.250. The van der Waals surface area contributed by atoms with Gasteiger partial charge in [-0.05, 0) is 12.1 Å². The summed E-state index contributed by atoms with van der Waals surface area (Å²) in [6.07, 6.45) is -3.97. The van der Waals surface area contributed by atoms with Crippen molar-refractivity contribution in [2.24, 2.45) is 0 Å². The minimum Gasteiger partial charge on any atom is -0.282 e. The Morgan fingerprint density at radius 3 is 2.29 bits per heavy atom. The highest BCUT2D eigenvalue weighted by Gasteiger charge is 2.35. The Bertz CT molecular complexity index is 544. The molecule has 1 N–H and O–H groups in total. The summed E-state index contributed by atoms with van der Waals surface area (Å²) in [4.78, 5) is 0. The van der Waals surface area contributed by atoms with Gasteiger partial charge in [0.15, 0.2) is 0 Å². The maximum Gasteiger partial charge on any atom is 0.418 e. The molecule has 0 radical (unpaired) electrons. The zero-order chi connectivity index (χ0) is 13.4. The van der Waals surface area contributed by atoms with Crippen LogP contribution in [0.3, 0.4) is 0 Å². The van der Waals surface area contributed by atoms with E-state index in [1.54, 1.807) is 4.72 Å². The molecule has 0 amide bonds. The lowest BCUT2D eigenvalue weighted by Gasteiger charge is -2.15. The quantitative estimate of drug-likeness (QED) is 0.885. The maximum absolute atomic E-state index is 12.7. The van der Waals surface area contributed by atoms with Crippen molar-refractivity contribution in [3.05, 3.63) is 27.2 Å². The van der Waals surface area contributed by atoms with Crippen LogP contribution in [0.1, 0.15) is 5.56 Å². The van der Waals surface area contributed by atoms with Crippen molar-refractivity contribution in [1.82, 2.24) is 0 Å². The summed E-state index contributed by atoms with van der Waals surface area (Å²) in [5, 5.41) is -0.336. The molecule has 0 aliphatic rings. The Morgan fingerprint density at radius 1 is 1.35 bits per heavy atom. The Balaban J connectivity index is 3.47. The Hall–Kier alpha value is -0.470. The van der Waals surface area contributed by atoms with Gasteiger partial charge in [-0.1, -0.05) is 27.5 Å². The van der Waals surface area contributed by atoms with Crippen LogP contribution in [0.5, 0.6) is 0 Å². The van der Waals surface area contributed by atoms with Crippen LogP contribution in [0.4, 0.5) is 18.9 Å². The van der Waals surface area contributed by atoms with Crippen molar-refractivity contribution in [2.75, 3.05) is 11.0 Å². The summed E-state index contributed by atoms with van der Waals surface area (Å²) in [6.45, 7) is 0. The molecule has 96 valence electrons. The van der Waals surface area contributed by atoms with Gasteiger partial charge in [0.1, 0.15) is 0 Å². The third-order valence-electron chi connectivity index (χ3n) is 1.65. The summed E-state index contributed by atoms with van der Waals surface area (Å²) in [5.74, 6) is 0. The largest absolute Gasteiger partial charge is 0.418 e. The van der Waals surface area contributed by atoms with Gasteiger partial charge in [0.05, 0.1) is 22.5 Å². The number of hydrogen-bond donors (Lipinski definition) is 1. The van der Waals surface area contributed by atoms with Gasteiger partial charge in [0.25, 0.3) is 0 Å². The number of benzene rings is 1. The van der Waals surface area contributed by atoms with Crippen LogP contribution in [0.25, 0.3) is 0 Å². The van der Waals surface area contributed by atoms with E-state index in [1.807, 2.05) is 0 Å². The standard InChI is InChI=1S/C8H6BrClF3NO2S/c1-17(15,16)14-7-5(8(11,12)13)2-4(9)3-6(7)10/h2-3,14H,1H3. The molecule has 0 bridgehead atoms. The van der Waals surface area contributed by atoms with E-state index in [4.69, 9.17) is 11.6 Å². The van der Waals surface area contributed by atoms with Crippen LogP contribution in [-0.4, -0.2) is 14.7 Å². The summed E-state index contributed by atoms with van der Waals surface area (Å²) in [7, 11) is -3.85. The van der Waals surface area contributed by atoms with E-state index < -0.39 is 27.5 Å². The maximum atomic E-state index is 12.7. The van der Waals surface area contributed by atoms with E-state index in [9.17, 15) is 21.6 Å². The van der Waals surface area contributed by atoms with E-state index in [-0.39, 0.29) is 9.50 Å². The van der Waals surface area contributed by atoms with Gasteiger partial charge in [-0.25, -0.2) is 8.42 Å². The molecule has 0 fully saturated rings. The monoisotopic (exact) mass is 351 g/mol. The Morgan fingerprint density at radius 2 is 1.88 bits per heavy atom. The molecule has 0 heterocycles. The molecule has 0 unspecified atom stereocenters.